The van der Waals surface area contributed by atoms with Gasteiger partial charge in [-0.25, -0.2) is 9.97 Å². The van der Waals surface area contributed by atoms with Gasteiger partial charge in [0, 0.05) is 18.1 Å². The molecule has 3 rings (SSSR count). The number of likely N-dealkylation sites (N-methyl/N-ethyl adjacent to an activating group) is 1. The van der Waals surface area contributed by atoms with Gasteiger partial charge in [-0.2, -0.15) is 0 Å². The van der Waals surface area contributed by atoms with Crippen molar-refractivity contribution in [1.82, 2.24) is 20.3 Å². The molecule has 4 N–H and O–H groups in total. The fraction of sp³-hybridized carbons (Fsp3) is 0.286. The summed E-state index contributed by atoms with van der Waals surface area (Å²) in [5, 5.41) is 5.17. The van der Waals surface area contributed by atoms with Crippen molar-refractivity contribution in [2.45, 2.75) is 6.92 Å². The van der Waals surface area contributed by atoms with Crippen LogP contribution in [0.15, 0.2) is 24.5 Å². The van der Waals surface area contributed by atoms with E-state index in [2.05, 4.69) is 27.2 Å². The molecule has 3 aromatic rings. The van der Waals surface area contributed by atoms with Crippen LogP contribution in [0.1, 0.15) is 6.92 Å². The lowest BCUT2D eigenvalue weighted by Gasteiger charge is -2.07. The Morgan fingerprint density at radius 2 is 2.30 bits per heavy atom. The van der Waals surface area contributed by atoms with Crippen molar-refractivity contribution in [1.29, 1.82) is 0 Å². The summed E-state index contributed by atoms with van der Waals surface area (Å²) in [5.74, 6) is 1.30. The maximum atomic E-state index is 5.84. The lowest BCUT2D eigenvalue weighted by Crippen LogP contribution is -2.20. The van der Waals surface area contributed by atoms with E-state index in [1.807, 2.05) is 12.1 Å². The number of H-pyrrole nitrogens is 1. The molecule has 3 aromatic heterocycles. The lowest BCUT2D eigenvalue weighted by atomic mass is 10.2. The number of aromatic nitrogens is 3. The Labute approximate surface area is 116 Å². The molecule has 3 heterocycles. The second kappa shape index (κ2) is 5.34. The Morgan fingerprint density at radius 1 is 1.40 bits per heavy atom. The summed E-state index contributed by atoms with van der Waals surface area (Å²) in [5.41, 5.74) is 7.46. The van der Waals surface area contributed by atoms with E-state index in [1.165, 1.54) is 0 Å². The number of nitrogens with two attached hydrogens (primary N) is 1. The van der Waals surface area contributed by atoms with Crippen LogP contribution in [0.5, 0.6) is 5.75 Å². The van der Waals surface area contributed by atoms with Crippen molar-refractivity contribution in [3.8, 4) is 5.75 Å². The first-order chi connectivity index (χ1) is 9.79. The summed E-state index contributed by atoms with van der Waals surface area (Å²) in [6.07, 6.45) is 3.45. The number of hydrogen-bond donors (Lipinski definition) is 3. The molecule has 0 fully saturated rings. The molecule has 6 heteroatoms. The summed E-state index contributed by atoms with van der Waals surface area (Å²) in [6, 6.07) is 3.71. The minimum Gasteiger partial charge on any atom is -0.491 e. The normalized spacial score (nSPS) is 11.2. The smallest absolute Gasteiger partial charge is 0.142 e. The largest absolute Gasteiger partial charge is 0.491 e. The van der Waals surface area contributed by atoms with Gasteiger partial charge >= 0.3 is 0 Å². The number of hydrogen-bond acceptors (Lipinski definition) is 5. The predicted octanol–water partition coefficient (Wildman–Crippen LogP) is 1.68. The molecule has 0 radical (unpaired) electrons. The third-order valence-corrected chi connectivity index (χ3v) is 3.15. The van der Waals surface area contributed by atoms with E-state index < -0.39 is 0 Å². The Kier molecular flexibility index (Phi) is 3.39. The van der Waals surface area contributed by atoms with Crippen LogP contribution in [0.2, 0.25) is 0 Å². The summed E-state index contributed by atoms with van der Waals surface area (Å²) in [4.78, 5) is 11.6. The van der Waals surface area contributed by atoms with Crippen LogP contribution >= 0.6 is 0 Å². The second-order valence-corrected chi connectivity index (χ2v) is 4.51. The van der Waals surface area contributed by atoms with Crippen LogP contribution in [0.25, 0.3) is 21.9 Å². The number of nitrogens with zero attached hydrogens (tertiary/aromatic N) is 2. The van der Waals surface area contributed by atoms with Gasteiger partial charge in [-0.15, -0.1) is 0 Å². The van der Waals surface area contributed by atoms with Gasteiger partial charge < -0.3 is 20.8 Å². The molecular weight excluding hydrogens is 254 g/mol. The maximum Gasteiger partial charge on any atom is 0.142 e. The van der Waals surface area contributed by atoms with E-state index in [0.29, 0.717) is 12.4 Å². The van der Waals surface area contributed by atoms with Crippen LogP contribution in [-0.2, 0) is 0 Å². The molecule has 0 aliphatic carbocycles. The summed E-state index contributed by atoms with van der Waals surface area (Å²) in [6.45, 7) is 4.43. The van der Waals surface area contributed by atoms with Gasteiger partial charge in [-0.3, -0.25) is 0 Å². The summed E-state index contributed by atoms with van der Waals surface area (Å²) in [7, 11) is 0. The first kappa shape index (κ1) is 12.7. The monoisotopic (exact) mass is 271 g/mol. The Morgan fingerprint density at radius 3 is 3.15 bits per heavy atom. The average Bonchev–Trinajstić information content (AvgIpc) is 2.82. The van der Waals surface area contributed by atoms with Gasteiger partial charge in [0.15, 0.2) is 0 Å². The van der Waals surface area contributed by atoms with Crippen LogP contribution in [0, 0.1) is 0 Å². The number of ether oxygens (including phenoxy) is 1. The van der Waals surface area contributed by atoms with Crippen LogP contribution < -0.4 is 15.8 Å². The van der Waals surface area contributed by atoms with Gasteiger partial charge in [0.1, 0.15) is 23.8 Å². The first-order valence-corrected chi connectivity index (χ1v) is 6.65. The molecule has 0 aliphatic heterocycles. The minimum atomic E-state index is 0.487. The lowest BCUT2D eigenvalue weighted by molar-refractivity contribution is 0.319. The molecule has 0 saturated heterocycles. The molecule has 0 bridgehead atoms. The Bertz CT molecular complexity index is 737. The van der Waals surface area contributed by atoms with E-state index in [9.17, 15) is 0 Å². The topological polar surface area (TPSA) is 88.8 Å². The zero-order chi connectivity index (χ0) is 13.9. The van der Waals surface area contributed by atoms with Crippen LogP contribution in [0.3, 0.4) is 0 Å². The highest BCUT2D eigenvalue weighted by molar-refractivity contribution is 6.09. The van der Waals surface area contributed by atoms with Crippen LogP contribution in [-0.4, -0.2) is 34.6 Å². The standard InChI is InChI=1S/C14H17N5O/c1-2-16-5-6-20-11-3-4-17-14-13(11)9-7-12(15)18-8-10(9)19-14/h3-4,7-8,16H,2,5-6H2,1H3,(H2,15,18)(H,17,19). The highest BCUT2D eigenvalue weighted by Gasteiger charge is 2.11. The van der Waals surface area contributed by atoms with Crippen molar-refractivity contribution < 1.29 is 4.74 Å². The molecular formula is C14H17N5O. The van der Waals surface area contributed by atoms with E-state index in [-0.39, 0.29) is 0 Å². The van der Waals surface area contributed by atoms with E-state index in [4.69, 9.17) is 10.5 Å². The predicted molar refractivity (Wildman–Crippen MR) is 79.8 cm³/mol. The highest BCUT2D eigenvalue weighted by Crippen LogP contribution is 2.32. The fourth-order valence-corrected chi connectivity index (χ4v) is 2.23. The summed E-state index contributed by atoms with van der Waals surface area (Å²) >= 11 is 0. The number of rotatable bonds is 5. The maximum absolute atomic E-state index is 5.84. The number of nitrogens with one attached hydrogen (secondary N) is 2. The number of anilines is 1. The van der Waals surface area contributed by atoms with Crippen LogP contribution in [0.4, 0.5) is 5.82 Å². The molecule has 20 heavy (non-hydrogen) atoms. The van der Waals surface area contributed by atoms with Crippen molar-refractivity contribution in [3.63, 3.8) is 0 Å². The van der Waals surface area contributed by atoms with Gasteiger partial charge in [0.25, 0.3) is 0 Å². The molecule has 0 aliphatic rings. The SMILES string of the molecule is CCNCCOc1ccnc2[nH]c3cnc(N)cc3c12. The van der Waals surface area contributed by atoms with E-state index in [1.54, 1.807) is 12.4 Å². The number of nitrogen functional groups attached to an aromatic ring is 1. The average molecular weight is 271 g/mol. The van der Waals surface area contributed by atoms with Crippen molar-refractivity contribution in [3.05, 3.63) is 24.5 Å². The zero-order valence-corrected chi connectivity index (χ0v) is 11.3. The molecule has 0 unspecified atom stereocenters. The Hall–Kier alpha value is -2.34. The molecule has 0 spiro atoms. The summed E-state index contributed by atoms with van der Waals surface area (Å²) < 4.78 is 5.84. The van der Waals surface area contributed by atoms with Gasteiger partial charge in [-0.1, -0.05) is 6.92 Å². The number of fused-ring (bicyclic) bond motifs is 3. The quantitative estimate of drug-likeness (QED) is 0.614. The van der Waals surface area contributed by atoms with Gasteiger partial charge in [-0.05, 0) is 18.7 Å². The van der Waals surface area contributed by atoms with Crippen molar-refractivity contribution in [2.75, 3.05) is 25.4 Å². The van der Waals surface area contributed by atoms with Crippen molar-refractivity contribution >= 4 is 27.8 Å². The molecule has 0 atom stereocenters. The number of aromatic amines is 1. The van der Waals surface area contributed by atoms with E-state index >= 15 is 0 Å². The molecule has 6 nitrogen and oxygen atoms in total. The van der Waals surface area contributed by atoms with Gasteiger partial charge in [0.2, 0.25) is 0 Å². The molecule has 104 valence electrons. The van der Waals surface area contributed by atoms with E-state index in [0.717, 1.165) is 40.8 Å². The third kappa shape index (κ3) is 2.25. The molecule has 0 aromatic carbocycles. The Balaban J connectivity index is 2.03. The first-order valence-electron chi connectivity index (χ1n) is 6.65. The minimum absolute atomic E-state index is 0.487. The molecule has 0 amide bonds. The third-order valence-electron chi connectivity index (χ3n) is 3.15. The fourth-order valence-electron chi connectivity index (χ4n) is 2.23. The second-order valence-electron chi connectivity index (χ2n) is 4.51. The number of pyridine rings is 2. The molecule has 0 saturated carbocycles. The zero-order valence-electron chi connectivity index (χ0n) is 11.3. The van der Waals surface area contributed by atoms with Crippen molar-refractivity contribution in [2.24, 2.45) is 0 Å². The van der Waals surface area contributed by atoms with Gasteiger partial charge in [0.05, 0.1) is 17.1 Å². The highest BCUT2D eigenvalue weighted by atomic mass is 16.5.